The number of carbonyl (C=O) groups is 1. The minimum Gasteiger partial charge on any atom is -0.497 e. The summed E-state index contributed by atoms with van der Waals surface area (Å²) >= 11 is 0. The predicted molar refractivity (Wildman–Crippen MR) is 109 cm³/mol. The van der Waals surface area contributed by atoms with Crippen molar-refractivity contribution in [3.8, 4) is 22.8 Å². The Morgan fingerprint density at radius 2 is 1.62 bits per heavy atom. The van der Waals surface area contributed by atoms with E-state index in [4.69, 9.17) is 9.47 Å². The van der Waals surface area contributed by atoms with Crippen LogP contribution in [0.25, 0.3) is 11.3 Å². The molecule has 8 nitrogen and oxygen atoms in total. The standard InChI is InChI=1S/C21H22N4O4/c1-4-19(20(26)23-15-7-11-17(29-3)12-8-15)25-21(27)24-18(13-22-25)14-5-9-16(28-2)10-6-14/h5-13,19H,4H2,1-3H3,(H,23,26). The number of nitrogens with zero attached hydrogens (tertiary/aromatic N) is 3. The molecular weight excluding hydrogens is 372 g/mol. The molecule has 1 N–H and O–H groups in total. The number of benzene rings is 2. The molecule has 2 aromatic carbocycles. The van der Waals surface area contributed by atoms with E-state index < -0.39 is 11.7 Å². The van der Waals surface area contributed by atoms with Crippen LogP contribution in [0.3, 0.4) is 0 Å². The van der Waals surface area contributed by atoms with Gasteiger partial charge in [0.25, 0.3) is 0 Å². The van der Waals surface area contributed by atoms with Crippen molar-refractivity contribution in [1.82, 2.24) is 14.8 Å². The molecule has 8 heteroatoms. The van der Waals surface area contributed by atoms with Gasteiger partial charge in [-0.2, -0.15) is 10.1 Å². The summed E-state index contributed by atoms with van der Waals surface area (Å²) in [4.78, 5) is 29.3. The third-order valence-corrected chi connectivity index (χ3v) is 4.44. The highest BCUT2D eigenvalue weighted by Crippen LogP contribution is 2.20. The van der Waals surface area contributed by atoms with E-state index >= 15 is 0 Å². The Labute approximate surface area is 168 Å². The molecule has 3 rings (SSSR count). The number of ether oxygens (including phenoxy) is 2. The lowest BCUT2D eigenvalue weighted by molar-refractivity contribution is -0.119. The van der Waals surface area contributed by atoms with Crippen LogP contribution in [-0.4, -0.2) is 34.9 Å². The van der Waals surface area contributed by atoms with Crippen LogP contribution < -0.4 is 20.5 Å². The summed E-state index contributed by atoms with van der Waals surface area (Å²) in [7, 11) is 3.15. The van der Waals surface area contributed by atoms with Crippen molar-refractivity contribution < 1.29 is 14.3 Å². The number of nitrogens with one attached hydrogen (secondary N) is 1. The van der Waals surface area contributed by atoms with Gasteiger partial charge in [-0.25, -0.2) is 9.48 Å². The normalized spacial score (nSPS) is 11.6. The Hall–Kier alpha value is -3.68. The van der Waals surface area contributed by atoms with Crippen molar-refractivity contribution >= 4 is 11.6 Å². The van der Waals surface area contributed by atoms with Crippen molar-refractivity contribution in [2.45, 2.75) is 19.4 Å². The van der Waals surface area contributed by atoms with E-state index in [-0.39, 0.29) is 5.91 Å². The second kappa shape index (κ2) is 9.01. The molecular formula is C21H22N4O4. The molecule has 0 fully saturated rings. The van der Waals surface area contributed by atoms with E-state index in [1.165, 1.54) is 6.20 Å². The Balaban J connectivity index is 1.80. The average Bonchev–Trinajstić information content (AvgIpc) is 2.76. The zero-order valence-electron chi connectivity index (χ0n) is 16.5. The zero-order valence-corrected chi connectivity index (χ0v) is 16.5. The Bertz CT molecular complexity index is 1030. The van der Waals surface area contributed by atoms with E-state index in [9.17, 15) is 9.59 Å². The molecule has 150 valence electrons. The first-order valence-corrected chi connectivity index (χ1v) is 9.11. The second-order valence-corrected chi connectivity index (χ2v) is 6.24. The van der Waals surface area contributed by atoms with Crippen molar-refractivity contribution in [3.63, 3.8) is 0 Å². The third kappa shape index (κ3) is 4.60. The number of amides is 1. The summed E-state index contributed by atoms with van der Waals surface area (Å²) in [5.41, 5.74) is 1.18. The Morgan fingerprint density at radius 3 is 2.14 bits per heavy atom. The molecule has 0 saturated heterocycles. The zero-order chi connectivity index (χ0) is 20.8. The highest BCUT2D eigenvalue weighted by Gasteiger charge is 2.22. The topological polar surface area (TPSA) is 95.3 Å². The largest absolute Gasteiger partial charge is 0.497 e. The Kier molecular flexibility index (Phi) is 6.23. The monoisotopic (exact) mass is 394 g/mol. The molecule has 0 radical (unpaired) electrons. The molecule has 0 aliphatic rings. The van der Waals surface area contributed by atoms with E-state index in [1.807, 2.05) is 6.92 Å². The van der Waals surface area contributed by atoms with Crippen molar-refractivity contribution in [3.05, 3.63) is 65.2 Å². The van der Waals surface area contributed by atoms with Gasteiger partial charge in [-0.3, -0.25) is 4.79 Å². The SMILES string of the molecule is CCC(C(=O)Nc1ccc(OC)cc1)n1ncc(-c2ccc(OC)cc2)nc1=O. The smallest absolute Gasteiger partial charge is 0.365 e. The van der Waals surface area contributed by atoms with Crippen molar-refractivity contribution in [1.29, 1.82) is 0 Å². The molecule has 0 saturated carbocycles. The predicted octanol–water partition coefficient (Wildman–Crippen LogP) is 2.91. The van der Waals surface area contributed by atoms with Crippen LogP contribution in [0.15, 0.2) is 59.5 Å². The van der Waals surface area contributed by atoms with Crippen LogP contribution in [-0.2, 0) is 4.79 Å². The average molecular weight is 394 g/mol. The first-order valence-electron chi connectivity index (χ1n) is 9.11. The Morgan fingerprint density at radius 1 is 1.03 bits per heavy atom. The summed E-state index contributed by atoms with van der Waals surface area (Å²) in [6, 6.07) is 13.3. The van der Waals surface area contributed by atoms with Gasteiger partial charge in [0.05, 0.1) is 26.1 Å². The molecule has 1 amide bonds. The maximum absolute atomic E-state index is 12.7. The fourth-order valence-electron chi connectivity index (χ4n) is 2.83. The van der Waals surface area contributed by atoms with E-state index in [0.717, 1.165) is 10.2 Å². The van der Waals surface area contributed by atoms with Gasteiger partial charge in [0.1, 0.15) is 17.5 Å². The van der Waals surface area contributed by atoms with Crippen LogP contribution in [0.1, 0.15) is 19.4 Å². The van der Waals surface area contributed by atoms with Gasteiger partial charge in [-0.15, -0.1) is 0 Å². The van der Waals surface area contributed by atoms with Crippen LogP contribution in [0.2, 0.25) is 0 Å². The number of methoxy groups -OCH3 is 2. The molecule has 3 aromatic rings. The van der Waals surface area contributed by atoms with E-state index in [2.05, 4.69) is 15.4 Å². The van der Waals surface area contributed by atoms with Gasteiger partial charge in [0.15, 0.2) is 0 Å². The number of hydrogen-bond donors (Lipinski definition) is 1. The van der Waals surface area contributed by atoms with Gasteiger partial charge in [-0.05, 0) is 55.0 Å². The number of carbonyl (C=O) groups excluding carboxylic acids is 1. The van der Waals surface area contributed by atoms with Crippen LogP contribution in [0, 0.1) is 0 Å². The molecule has 29 heavy (non-hydrogen) atoms. The van der Waals surface area contributed by atoms with Gasteiger partial charge in [0.2, 0.25) is 5.91 Å². The first kappa shape index (κ1) is 20.1. The molecule has 1 aromatic heterocycles. The minimum absolute atomic E-state index is 0.341. The molecule has 0 spiro atoms. The van der Waals surface area contributed by atoms with E-state index in [1.54, 1.807) is 62.8 Å². The lowest BCUT2D eigenvalue weighted by Crippen LogP contribution is -2.36. The van der Waals surface area contributed by atoms with Crippen LogP contribution in [0.4, 0.5) is 5.69 Å². The maximum atomic E-state index is 12.7. The summed E-state index contributed by atoms with van der Waals surface area (Å²) in [6.07, 6.45) is 1.87. The summed E-state index contributed by atoms with van der Waals surface area (Å²) in [5, 5.41) is 6.98. The van der Waals surface area contributed by atoms with Crippen molar-refractivity contribution in [2.24, 2.45) is 0 Å². The fourth-order valence-corrected chi connectivity index (χ4v) is 2.83. The summed E-state index contributed by atoms with van der Waals surface area (Å²) in [5.74, 6) is 1.05. The summed E-state index contributed by atoms with van der Waals surface area (Å²) < 4.78 is 11.3. The highest BCUT2D eigenvalue weighted by molar-refractivity contribution is 5.93. The quantitative estimate of drug-likeness (QED) is 0.662. The second-order valence-electron chi connectivity index (χ2n) is 6.24. The number of anilines is 1. The molecule has 0 aliphatic carbocycles. The molecule has 0 aliphatic heterocycles. The number of hydrogen-bond acceptors (Lipinski definition) is 6. The molecule has 0 bridgehead atoms. The molecule has 1 atom stereocenters. The van der Waals surface area contributed by atoms with Gasteiger partial charge >= 0.3 is 5.69 Å². The molecule has 1 unspecified atom stereocenters. The lowest BCUT2D eigenvalue weighted by Gasteiger charge is -2.16. The van der Waals surface area contributed by atoms with Gasteiger partial charge < -0.3 is 14.8 Å². The summed E-state index contributed by atoms with van der Waals surface area (Å²) in [6.45, 7) is 1.81. The highest BCUT2D eigenvalue weighted by atomic mass is 16.5. The fraction of sp³-hybridized carbons (Fsp3) is 0.238. The van der Waals surface area contributed by atoms with Gasteiger partial charge in [0, 0.05) is 11.3 Å². The number of rotatable bonds is 7. The number of aromatic nitrogens is 3. The van der Waals surface area contributed by atoms with Crippen LogP contribution in [0.5, 0.6) is 11.5 Å². The third-order valence-electron chi connectivity index (χ3n) is 4.44. The lowest BCUT2D eigenvalue weighted by atomic mass is 10.1. The molecule has 1 heterocycles. The van der Waals surface area contributed by atoms with E-state index in [0.29, 0.717) is 29.3 Å². The maximum Gasteiger partial charge on any atom is 0.365 e. The van der Waals surface area contributed by atoms with Crippen LogP contribution >= 0.6 is 0 Å². The van der Waals surface area contributed by atoms with Gasteiger partial charge in [-0.1, -0.05) is 6.92 Å². The minimum atomic E-state index is -0.776. The van der Waals surface area contributed by atoms with Crippen molar-refractivity contribution in [2.75, 3.05) is 19.5 Å². The first-order chi connectivity index (χ1) is 14.0.